The van der Waals surface area contributed by atoms with Gasteiger partial charge >= 0.3 is 0 Å². The quantitative estimate of drug-likeness (QED) is 0.505. The van der Waals surface area contributed by atoms with Gasteiger partial charge < -0.3 is 8.98 Å². The first-order valence-electron chi connectivity index (χ1n) is 6.16. The van der Waals surface area contributed by atoms with Gasteiger partial charge in [-0.05, 0) is 18.2 Å². The van der Waals surface area contributed by atoms with Gasteiger partial charge in [-0.2, -0.15) is 9.37 Å². The van der Waals surface area contributed by atoms with Gasteiger partial charge in [-0.3, -0.25) is 0 Å². The number of aryl methyl sites for hydroxylation is 1. The SMILES string of the molecule is Cn1cc(F)c2cc(-c3nc4ccc(F)nc4o3)cnc21. The molecule has 0 unspecified atom stereocenters. The van der Waals surface area contributed by atoms with E-state index in [2.05, 4.69) is 15.0 Å². The van der Waals surface area contributed by atoms with Gasteiger partial charge in [0.2, 0.25) is 17.6 Å². The summed E-state index contributed by atoms with van der Waals surface area (Å²) in [6.07, 6.45) is 2.88. The molecule has 0 aliphatic rings. The van der Waals surface area contributed by atoms with E-state index >= 15 is 0 Å². The number of pyridine rings is 2. The molecule has 0 N–H and O–H groups in total. The monoisotopic (exact) mass is 286 g/mol. The summed E-state index contributed by atoms with van der Waals surface area (Å²) in [6.45, 7) is 0. The van der Waals surface area contributed by atoms with Crippen molar-refractivity contribution in [2.24, 2.45) is 7.05 Å². The molecule has 5 nitrogen and oxygen atoms in total. The Morgan fingerprint density at radius 1 is 1.19 bits per heavy atom. The van der Waals surface area contributed by atoms with Crippen LogP contribution in [-0.4, -0.2) is 19.5 Å². The molecule has 4 aromatic rings. The Hall–Kier alpha value is -2.83. The average molecular weight is 286 g/mol. The summed E-state index contributed by atoms with van der Waals surface area (Å²) in [7, 11) is 1.71. The number of hydrogen-bond donors (Lipinski definition) is 0. The largest absolute Gasteiger partial charge is 0.418 e. The molecule has 0 atom stereocenters. The van der Waals surface area contributed by atoms with Crippen molar-refractivity contribution >= 4 is 22.3 Å². The first kappa shape index (κ1) is 12.0. The molecule has 21 heavy (non-hydrogen) atoms. The van der Waals surface area contributed by atoms with Crippen LogP contribution in [0.15, 0.2) is 35.0 Å². The Bertz CT molecular complexity index is 989. The molecule has 7 heteroatoms. The summed E-state index contributed by atoms with van der Waals surface area (Å²) in [5, 5.41) is 0.372. The predicted octanol–water partition coefficient (Wildman–Crippen LogP) is 3.05. The van der Waals surface area contributed by atoms with Crippen molar-refractivity contribution in [2.75, 3.05) is 0 Å². The minimum absolute atomic E-state index is 0.0960. The smallest absolute Gasteiger partial charge is 0.250 e. The second-order valence-electron chi connectivity index (χ2n) is 4.66. The normalized spacial score (nSPS) is 11.6. The van der Waals surface area contributed by atoms with E-state index in [0.29, 0.717) is 22.1 Å². The lowest BCUT2D eigenvalue weighted by Crippen LogP contribution is -1.88. The summed E-state index contributed by atoms with van der Waals surface area (Å²) in [6, 6.07) is 4.27. The van der Waals surface area contributed by atoms with Crippen LogP contribution in [0.1, 0.15) is 0 Å². The van der Waals surface area contributed by atoms with E-state index < -0.39 is 5.95 Å². The lowest BCUT2D eigenvalue weighted by Gasteiger charge is -1.97. The Labute approximate surface area is 116 Å². The number of nitrogens with zero attached hydrogens (tertiary/aromatic N) is 4. The van der Waals surface area contributed by atoms with Gasteiger partial charge in [0.25, 0.3) is 0 Å². The Kier molecular flexibility index (Phi) is 2.32. The van der Waals surface area contributed by atoms with Crippen LogP contribution in [-0.2, 0) is 7.05 Å². The molecule has 0 saturated heterocycles. The van der Waals surface area contributed by atoms with Crippen LogP contribution in [0.2, 0.25) is 0 Å². The lowest BCUT2D eigenvalue weighted by molar-refractivity contribution is 0.559. The summed E-state index contributed by atoms with van der Waals surface area (Å²) in [5.41, 5.74) is 1.56. The fraction of sp³-hybridized carbons (Fsp3) is 0.0714. The van der Waals surface area contributed by atoms with Crippen LogP contribution in [0.5, 0.6) is 0 Å². The van der Waals surface area contributed by atoms with Gasteiger partial charge in [0, 0.05) is 19.4 Å². The van der Waals surface area contributed by atoms with E-state index in [1.807, 2.05) is 0 Å². The van der Waals surface area contributed by atoms with Crippen LogP contribution >= 0.6 is 0 Å². The first-order chi connectivity index (χ1) is 10.1. The highest BCUT2D eigenvalue weighted by Gasteiger charge is 2.14. The molecule has 0 fully saturated rings. The first-order valence-corrected chi connectivity index (χ1v) is 6.16. The van der Waals surface area contributed by atoms with Crippen LogP contribution in [0.25, 0.3) is 33.7 Å². The Morgan fingerprint density at radius 2 is 2.05 bits per heavy atom. The fourth-order valence-electron chi connectivity index (χ4n) is 2.25. The maximum Gasteiger partial charge on any atom is 0.250 e. The third kappa shape index (κ3) is 1.78. The zero-order valence-corrected chi connectivity index (χ0v) is 10.8. The standard InChI is InChI=1S/C14H8F2N4O/c1-20-6-9(15)8-4-7(5-17-12(8)20)13-18-10-2-3-11(16)19-14(10)21-13/h2-6H,1H3. The minimum Gasteiger partial charge on any atom is -0.418 e. The topological polar surface area (TPSA) is 56.7 Å². The number of fused-ring (bicyclic) bond motifs is 2. The number of aromatic nitrogens is 4. The third-order valence-corrected chi connectivity index (χ3v) is 3.23. The highest BCUT2D eigenvalue weighted by Crippen LogP contribution is 2.26. The second-order valence-corrected chi connectivity index (χ2v) is 4.66. The zero-order chi connectivity index (χ0) is 14.6. The zero-order valence-electron chi connectivity index (χ0n) is 10.8. The molecule has 0 bridgehead atoms. The van der Waals surface area contributed by atoms with Crippen molar-refractivity contribution in [3.8, 4) is 11.5 Å². The highest BCUT2D eigenvalue weighted by atomic mass is 19.1. The van der Waals surface area contributed by atoms with E-state index in [9.17, 15) is 8.78 Å². The average Bonchev–Trinajstić information content (AvgIpc) is 3.00. The van der Waals surface area contributed by atoms with E-state index in [1.54, 1.807) is 17.7 Å². The molecular weight excluding hydrogens is 278 g/mol. The van der Waals surface area contributed by atoms with Gasteiger partial charge in [-0.1, -0.05) is 0 Å². The predicted molar refractivity (Wildman–Crippen MR) is 71.4 cm³/mol. The van der Waals surface area contributed by atoms with Crippen molar-refractivity contribution in [2.45, 2.75) is 0 Å². The van der Waals surface area contributed by atoms with E-state index in [1.165, 1.54) is 24.5 Å². The number of halogens is 2. The molecule has 0 aliphatic heterocycles. The number of oxazole rings is 1. The summed E-state index contributed by atoms with van der Waals surface area (Å²) in [4.78, 5) is 12.0. The van der Waals surface area contributed by atoms with Crippen LogP contribution in [0.4, 0.5) is 8.78 Å². The summed E-state index contributed by atoms with van der Waals surface area (Å²) < 4.78 is 33.8. The molecule has 0 aliphatic carbocycles. The number of hydrogen-bond acceptors (Lipinski definition) is 4. The molecule has 0 amide bonds. The fourth-order valence-corrected chi connectivity index (χ4v) is 2.25. The maximum atomic E-state index is 13.8. The Balaban J connectivity index is 1.93. The van der Waals surface area contributed by atoms with Crippen molar-refractivity contribution in [1.82, 2.24) is 19.5 Å². The van der Waals surface area contributed by atoms with Crippen LogP contribution in [0, 0.1) is 11.8 Å². The van der Waals surface area contributed by atoms with Gasteiger partial charge in [-0.25, -0.2) is 14.4 Å². The van der Waals surface area contributed by atoms with E-state index in [0.717, 1.165) is 0 Å². The van der Waals surface area contributed by atoms with Gasteiger partial charge in [-0.15, -0.1) is 0 Å². The molecule has 4 aromatic heterocycles. The van der Waals surface area contributed by atoms with Crippen LogP contribution < -0.4 is 0 Å². The molecule has 0 saturated carbocycles. The maximum absolute atomic E-state index is 13.8. The highest BCUT2D eigenvalue weighted by molar-refractivity contribution is 5.82. The van der Waals surface area contributed by atoms with Crippen molar-refractivity contribution < 1.29 is 13.2 Å². The summed E-state index contributed by atoms with van der Waals surface area (Å²) in [5.74, 6) is -0.796. The second kappa shape index (κ2) is 4.08. The third-order valence-electron chi connectivity index (χ3n) is 3.23. The van der Waals surface area contributed by atoms with Crippen molar-refractivity contribution in [3.63, 3.8) is 0 Å². The van der Waals surface area contributed by atoms with Crippen LogP contribution in [0.3, 0.4) is 0 Å². The molecule has 0 aromatic carbocycles. The summed E-state index contributed by atoms with van der Waals surface area (Å²) >= 11 is 0. The molecule has 4 rings (SSSR count). The minimum atomic E-state index is -0.645. The lowest BCUT2D eigenvalue weighted by atomic mass is 10.2. The van der Waals surface area contributed by atoms with E-state index in [-0.39, 0.29) is 17.4 Å². The van der Waals surface area contributed by atoms with Gasteiger partial charge in [0.05, 0.1) is 10.9 Å². The molecule has 104 valence electrons. The molecule has 0 spiro atoms. The van der Waals surface area contributed by atoms with Gasteiger partial charge in [0.15, 0.2) is 0 Å². The Morgan fingerprint density at radius 3 is 2.90 bits per heavy atom. The molecule has 0 radical (unpaired) electrons. The van der Waals surface area contributed by atoms with Gasteiger partial charge in [0.1, 0.15) is 17.0 Å². The van der Waals surface area contributed by atoms with Crippen molar-refractivity contribution in [1.29, 1.82) is 0 Å². The number of rotatable bonds is 1. The molecular formula is C14H8F2N4O. The van der Waals surface area contributed by atoms with Crippen molar-refractivity contribution in [3.05, 3.63) is 42.4 Å². The van der Waals surface area contributed by atoms with E-state index in [4.69, 9.17) is 4.42 Å². The molecule has 4 heterocycles.